The number of hydrogen-bond acceptors (Lipinski definition) is 4. The Morgan fingerprint density at radius 2 is 2.04 bits per heavy atom. The van der Waals surface area contributed by atoms with Gasteiger partial charge >= 0.3 is 0 Å². The molecule has 1 N–H and O–H groups in total. The number of imidazole rings is 1. The van der Waals surface area contributed by atoms with Crippen LogP contribution in [-0.4, -0.2) is 45.4 Å². The molecule has 28 heavy (non-hydrogen) atoms. The van der Waals surface area contributed by atoms with Crippen molar-refractivity contribution >= 4 is 33.5 Å². The first-order valence-corrected chi connectivity index (χ1v) is 10.5. The fraction of sp³-hybridized carbons (Fsp3) is 0.273. The molecule has 1 amide bonds. The van der Waals surface area contributed by atoms with Crippen LogP contribution in [0, 0.1) is 0 Å². The number of benzene rings is 1. The molecule has 1 aliphatic rings. The first kappa shape index (κ1) is 17.4. The minimum atomic E-state index is 0.0870. The maximum absolute atomic E-state index is 13.6. The molecule has 4 aromatic rings. The van der Waals surface area contributed by atoms with E-state index in [4.69, 9.17) is 0 Å². The monoisotopic (exact) mass is 390 g/mol. The Balaban J connectivity index is 1.73. The first-order valence-electron chi connectivity index (χ1n) is 9.59. The van der Waals surface area contributed by atoms with Crippen LogP contribution in [0.2, 0.25) is 0 Å². The zero-order valence-corrected chi connectivity index (χ0v) is 16.7. The molecule has 0 spiro atoms. The van der Waals surface area contributed by atoms with E-state index in [1.165, 1.54) is 0 Å². The smallest absolute Gasteiger partial charge is 0.256 e. The Morgan fingerprint density at radius 3 is 2.82 bits per heavy atom. The third-order valence-electron chi connectivity index (χ3n) is 5.58. The predicted octanol–water partition coefficient (Wildman–Crippen LogP) is 4.04. The molecule has 5 nitrogen and oxygen atoms in total. The Hall–Kier alpha value is -2.70. The van der Waals surface area contributed by atoms with Gasteiger partial charge in [0, 0.05) is 47.7 Å². The number of aromatic nitrogens is 2. The lowest BCUT2D eigenvalue weighted by molar-refractivity contribution is 0.0618. The normalized spacial score (nSPS) is 20.1. The second-order valence-corrected chi connectivity index (χ2v) is 8.33. The topological polar surface area (TPSA) is 49.6 Å². The van der Waals surface area contributed by atoms with E-state index in [0.717, 1.165) is 39.8 Å². The SMILES string of the molecule is C[C@H]1CN(C(=O)c2cn3c(-c4ccsc4)ncc3c3ccccc23)[C@@H](C)CN1. The highest BCUT2D eigenvalue weighted by Crippen LogP contribution is 2.30. The minimum absolute atomic E-state index is 0.0870. The van der Waals surface area contributed by atoms with Crippen molar-refractivity contribution in [3.63, 3.8) is 0 Å². The fourth-order valence-electron chi connectivity index (χ4n) is 4.07. The van der Waals surface area contributed by atoms with E-state index in [9.17, 15) is 4.79 Å². The number of piperazine rings is 1. The maximum atomic E-state index is 13.6. The summed E-state index contributed by atoms with van der Waals surface area (Å²) in [4.78, 5) is 20.3. The van der Waals surface area contributed by atoms with Crippen LogP contribution in [0.4, 0.5) is 0 Å². The summed E-state index contributed by atoms with van der Waals surface area (Å²) in [6, 6.07) is 10.7. The van der Waals surface area contributed by atoms with Crippen LogP contribution in [0.3, 0.4) is 0 Å². The third kappa shape index (κ3) is 2.72. The summed E-state index contributed by atoms with van der Waals surface area (Å²) in [6.07, 6.45) is 3.87. The highest BCUT2D eigenvalue weighted by Gasteiger charge is 2.29. The zero-order valence-electron chi connectivity index (χ0n) is 15.9. The predicted molar refractivity (Wildman–Crippen MR) is 114 cm³/mol. The molecule has 6 heteroatoms. The molecule has 4 heterocycles. The molecule has 0 bridgehead atoms. The highest BCUT2D eigenvalue weighted by atomic mass is 32.1. The van der Waals surface area contributed by atoms with Crippen LogP contribution >= 0.6 is 11.3 Å². The summed E-state index contributed by atoms with van der Waals surface area (Å²) >= 11 is 1.65. The lowest BCUT2D eigenvalue weighted by atomic mass is 10.0. The molecule has 1 aromatic carbocycles. The molecule has 5 rings (SSSR count). The van der Waals surface area contributed by atoms with E-state index in [2.05, 4.69) is 46.1 Å². The van der Waals surface area contributed by atoms with Crippen molar-refractivity contribution in [1.29, 1.82) is 0 Å². The van der Waals surface area contributed by atoms with Gasteiger partial charge in [0.05, 0.1) is 17.3 Å². The van der Waals surface area contributed by atoms with Gasteiger partial charge in [0.1, 0.15) is 5.82 Å². The lowest BCUT2D eigenvalue weighted by Gasteiger charge is -2.37. The van der Waals surface area contributed by atoms with Gasteiger partial charge < -0.3 is 10.2 Å². The second-order valence-electron chi connectivity index (χ2n) is 7.55. The Morgan fingerprint density at radius 1 is 1.21 bits per heavy atom. The number of fused-ring (bicyclic) bond motifs is 3. The third-order valence-corrected chi connectivity index (χ3v) is 6.27. The number of thiophene rings is 1. The number of amides is 1. The van der Waals surface area contributed by atoms with Gasteiger partial charge in [-0.05, 0) is 30.7 Å². The molecule has 1 saturated heterocycles. The molecular weight excluding hydrogens is 368 g/mol. The number of pyridine rings is 1. The lowest BCUT2D eigenvalue weighted by Crippen LogP contribution is -2.56. The Bertz CT molecular complexity index is 1160. The summed E-state index contributed by atoms with van der Waals surface area (Å²) in [7, 11) is 0. The molecular formula is C22H22N4OS. The Kier molecular flexibility index (Phi) is 4.18. The highest BCUT2D eigenvalue weighted by molar-refractivity contribution is 7.08. The van der Waals surface area contributed by atoms with Crippen molar-refractivity contribution < 1.29 is 4.79 Å². The summed E-state index contributed by atoms with van der Waals surface area (Å²) in [5.41, 5.74) is 2.83. The molecule has 0 unspecified atom stereocenters. The quantitative estimate of drug-likeness (QED) is 0.562. The van der Waals surface area contributed by atoms with Crippen molar-refractivity contribution in [2.24, 2.45) is 0 Å². The van der Waals surface area contributed by atoms with Crippen molar-refractivity contribution in [3.05, 3.63) is 59.0 Å². The molecule has 1 aliphatic heterocycles. The van der Waals surface area contributed by atoms with Crippen LogP contribution in [0.15, 0.2) is 53.5 Å². The number of nitrogens with one attached hydrogen (secondary N) is 1. The number of carbonyl (C=O) groups is 1. The van der Waals surface area contributed by atoms with E-state index in [0.29, 0.717) is 12.6 Å². The van der Waals surface area contributed by atoms with Gasteiger partial charge in [0.2, 0.25) is 0 Å². The molecule has 0 saturated carbocycles. The van der Waals surface area contributed by atoms with Gasteiger partial charge in [-0.2, -0.15) is 11.3 Å². The van der Waals surface area contributed by atoms with Gasteiger partial charge in [-0.25, -0.2) is 4.98 Å². The number of hydrogen-bond donors (Lipinski definition) is 1. The van der Waals surface area contributed by atoms with Crippen LogP contribution in [0.25, 0.3) is 27.7 Å². The molecule has 1 fully saturated rings. The number of carbonyl (C=O) groups excluding carboxylic acids is 1. The first-order chi connectivity index (χ1) is 13.6. The average Bonchev–Trinajstić information content (AvgIpc) is 3.38. The molecule has 2 atom stereocenters. The van der Waals surface area contributed by atoms with Crippen molar-refractivity contribution in [3.8, 4) is 11.4 Å². The van der Waals surface area contributed by atoms with Crippen molar-refractivity contribution in [2.45, 2.75) is 25.9 Å². The van der Waals surface area contributed by atoms with Gasteiger partial charge in [0.25, 0.3) is 5.91 Å². The van der Waals surface area contributed by atoms with Crippen LogP contribution in [0.5, 0.6) is 0 Å². The molecule has 3 aromatic heterocycles. The molecule has 0 aliphatic carbocycles. The largest absolute Gasteiger partial charge is 0.333 e. The van der Waals surface area contributed by atoms with Gasteiger partial charge in [-0.1, -0.05) is 24.3 Å². The second kappa shape index (κ2) is 6.72. The van der Waals surface area contributed by atoms with Gasteiger partial charge in [0.15, 0.2) is 0 Å². The summed E-state index contributed by atoms with van der Waals surface area (Å²) in [6.45, 7) is 5.76. The molecule has 142 valence electrons. The van der Waals surface area contributed by atoms with E-state index < -0.39 is 0 Å². The van der Waals surface area contributed by atoms with Crippen LogP contribution < -0.4 is 5.32 Å². The molecule has 0 radical (unpaired) electrons. The maximum Gasteiger partial charge on any atom is 0.256 e. The van der Waals surface area contributed by atoms with Crippen molar-refractivity contribution in [1.82, 2.24) is 19.6 Å². The van der Waals surface area contributed by atoms with E-state index in [1.807, 2.05) is 40.9 Å². The van der Waals surface area contributed by atoms with Crippen molar-refractivity contribution in [2.75, 3.05) is 13.1 Å². The van der Waals surface area contributed by atoms with Crippen LogP contribution in [-0.2, 0) is 0 Å². The zero-order chi connectivity index (χ0) is 19.3. The Labute approximate surface area is 167 Å². The van der Waals surface area contributed by atoms with Gasteiger partial charge in [-0.3, -0.25) is 9.20 Å². The van der Waals surface area contributed by atoms with Crippen LogP contribution in [0.1, 0.15) is 24.2 Å². The number of nitrogens with zero attached hydrogens (tertiary/aromatic N) is 3. The minimum Gasteiger partial charge on any atom is -0.333 e. The van der Waals surface area contributed by atoms with Gasteiger partial charge in [-0.15, -0.1) is 0 Å². The summed E-state index contributed by atoms with van der Waals surface area (Å²) in [5, 5.41) is 9.62. The number of rotatable bonds is 2. The fourth-order valence-corrected chi connectivity index (χ4v) is 4.70. The van der Waals surface area contributed by atoms with E-state index in [-0.39, 0.29) is 11.9 Å². The van der Waals surface area contributed by atoms with E-state index >= 15 is 0 Å². The summed E-state index contributed by atoms with van der Waals surface area (Å²) < 4.78 is 2.06. The summed E-state index contributed by atoms with van der Waals surface area (Å²) in [5.74, 6) is 0.960. The van der Waals surface area contributed by atoms with E-state index in [1.54, 1.807) is 11.3 Å². The average molecular weight is 391 g/mol. The standard InChI is InChI=1S/C22H22N4OS/c1-14-11-25(15(2)9-23-14)22(27)19-12-26-20(18-6-4-3-5-17(18)19)10-24-21(26)16-7-8-28-13-16/h3-8,10,12-15,23H,9,11H2,1-2H3/t14-,15-/m0/s1.